The molecule has 0 spiro atoms. The Morgan fingerprint density at radius 1 is 0.913 bits per heavy atom. The van der Waals surface area contributed by atoms with Crippen LogP contribution in [0.15, 0.2) is 60.7 Å². The van der Waals surface area contributed by atoms with E-state index in [9.17, 15) is 9.59 Å². The van der Waals surface area contributed by atoms with Crippen molar-refractivity contribution in [3.63, 3.8) is 0 Å². The largest absolute Gasteiger partial charge is 0.348 e. The van der Waals surface area contributed by atoms with Crippen LogP contribution in [0.25, 0.3) is 0 Å². The summed E-state index contributed by atoms with van der Waals surface area (Å²) in [6.45, 7) is 2.34. The van der Waals surface area contributed by atoms with Gasteiger partial charge in [0.25, 0.3) is 0 Å². The van der Waals surface area contributed by atoms with Gasteiger partial charge in [-0.15, -0.1) is 0 Å². The molecule has 2 amide bonds. The fourth-order valence-electron chi connectivity index (χ4n) is 2.31. The Bertz CT molecular complexity index is 626. The number of benzene rings is 2. The average Bonchev–Trinajstić information content (AvgIpc) is 2.60. The molecular weight excluding hydrogens is 288 g/mol. The second kappa shape index (κ2) is 8.73. The molecule has 1 atom stereocenters. The van der Waals surface area contributed by atoms with Gasteiger partial charge in [-0.1, -0.05) is 60.7 Å². The second-order valence-electron chi connectivity index (χ2n) is 5.45. The zero-order chi connectivity index (χ0) is 16.5. The van der Waals surface area contributed by atoms with Gasteiger partial charge in [0, 0.05) is 6.54 Å². The molecule has 0 aliphatic heterocycles. The summed E-state index contributed by atoms with van der Waals surface area (Å²) in [5.74, 6) is -1.18. The van der Waals surface area contributed by atoms with Crippen molar-refractivity contribution < 1.29 is 9.59 Å². The molecule has 0 aromatic heterocycles. The summed E-state index contributed by atoms with van der Waals surface area (Å²) >= 11 is 0. The Hall–Kier alpha value is -2.62. The van der Waals surface area contributed by atoms with Crippen molar-refractivity contribution in [2.45, 2.75) is 25.8 Å². The lowest BCUT2D eigenvalue weighted by atomic mass is 10.1. The van der Waals surface area contributed by atoms with Crippen molar-refractivity contribution in [3.05, 3.63) is 71.8 Å². The summed E-state index contributed by atoms with van der Waals surface area (Å²) in [6, 6.07) is 19.4. The molecule has 0 bridgehead atoms. The number of rotatable bonds is 6. The van der Waals surface area contributed by atoms with Crippen LogP contribution in [0.1, 0.15) is 30.5 Å². The van der Waals surface area contributed by atoms with Crippen LogP contribution in [0.5, 0.6) is 0 Å². The van der Waals surface area contributed by atoms with E-state index >= 15 is 0 Å². The van der Waals surface area contributed by atoms with Crippen molar-refractivity contribution in [2.75, 3.05) is 6.54 Å². The Kier molecular flexibility index (Phi) is 6.36. The lowest BCUT2D eigenvalue weighted by Gasteiger charge is -2.14. The highest BCUT2D eigenvalue weighted by molar-refractivity contribution is 6.35. The molecule has 0 fully saturated rings. The summed E-state index contributed by atoms with van der Waals surface area (Å²) < 4.78 is 0. The van der Waals surface area contributed by atoms with Gasteiger partial charge in [0.1, 0.15) is 0 Å². The van der Waals surface area contributed by atoms with E-state index in [2.05, 4.69) is 22.8 Å². The highest BCUT2D eigenvalue weighted by Gasteiger charge is 2.16. The zero-order valence-corrected chi connectivity index (χ0v) is 13.3. The van der Waals surface area contributed by atoms with Crippen molar-refractivity contribution in [3.8, 4) is 0 Å². The number of carbonyl (C=O) groups is 2. The number of hydrogen-bond acceptors (Lipinski definition) is 2. The zero-order valence-electron chi connectivity index (χ0n) is 13.3. The van der Waals surface area contributed by atoms with Gasteiger partial charge in [0.2, 0.25) is 0 Å². The number of aryl methyl sites for hydroxylation is 1. The summed E-state index contributed by atoms with van der Waals surface area (Å²) in [6.07, 6.45) is 1.68. The maximum absolute atomic E-state index is 11.9. The molecule has 0 saturated heterocycles. The van der Waals surface area contributed by atoms with Gasteiger partial charge >= 0.3 is 11.8 Å². The molecule has 120 valence electrons. The van der Waals surface area contributed by atoms with E-state index in [-0.39, 0.29) is 6.04 Å². The number of amides is 2. The highest BCUT2D eigenvalue weighted by atomic mass is 16.2. The Morgan fingerprint density at radius 2 is 1.52 bits per heavy atom. The summed E-state index contributed by atoms with van der Waals surface area (Å²) in [7, 11) is 0. The van der Waals surface area contributed by atoms with Gasteiger partial charge in [-0.25, -0.2) is 0 Å². The predicted octanol–water partition coefficient (Wildman–Crippen LogP) is 2.61. The Balaban J connectivity index is 1.70. The molecule has 4 heteroatoms. The van der Waals surface area contributed by atoms with Crippen molar-refractivity contribution >= 4 is 11.8 Å². The Morgan fingerprint density at radius 3 is 2.17 bits per heavy atom. The fourth-order valence-corrected chi connectivity index (χ4v) is 2.31. The van der Waals surface area contributed by atoms with Gasteiger partial charge < -0.3 is 10.6 Å². The fraction of sp³-hybridized carbons (Fsp3) is 0.263. The molecule has 4 nitrogen and oxygen atoms in total. The molecule has 0 unspecified atom stereocenters. The van der Waals surface area contributed by atoms with Crippen LogP contribution in [0.4, 0.5) is 0 Å². The van der Waals surface area contributed by atoms with E-state index in [1.807, 2.05) is 55.5 Å². The van der Waals surface area contributed by atoms with E-state index < -0.39 is 11.8 Å². The van der Waals surface area contributed by atoms with Crippen LogP contribution in [0, 0.1) is 0 Å². The van der Waals surface area contributed by atoms with Crippen LogP contribution in [0.2, 0.25) is 0 Å². The first-order chi connectivity index (χ1) is 11.2. The van der Waals surface area contributed by atoms with Crippen LogP contribution in [-0.4, -0.2) is 18.4 Å². The molecule has 2 aromatic rings. The number of nitrogens with one attached hydrogen (secondary N) is 2. The smallest absolute Gasteiger partial charge is 0.309 e. The van der Waals surface area contributed by atoms with Crippen LogP contribution >= 0.6 is 0 Å². The van der Waals surface area contributed by atoms with Gasteiger partial charge in [-0.05, 0) is 30.9 Å². The third-order valence-corrected chi connectivity index (χ3v) is 3.62. The first-order valence-electron chi connectivity index (χ1n) is 7.84. The molecule has 0 saturated carbocycles. The predicted molar refractivity (Wildman–Crippen MR) is 90.8 cm³/mol. The van der Waals surface area contributed by atoms with E-state index in [1.165, 1.54) is 5.56 Å². The molecule has 2 N–H and O–H groups in total. The van der Waals surface area contributed by atoms with E-state index in [0.717, 1.165) is 18.4 Å². The minimum Gasteiger partial charge on any atom is -0.348 e. The number of hydrogen-bond donors (Lipinski definition) is 2. The molecule has 0 aliphatic carbocycles. The first kappa shape index (κ1) is 16.7. The molecule has 2 aromatic carbocycles. The highest BCUT2D eigenvalue weighted by Crippen LogP contribution is 2.10. The quantitative estimate of drug-likeness (QED) is 0.636. The molecular formula is C19H22N2O2. The van der Waals surface area contributed by atoms with E-state index in [4.69, 9.17) is 0 Å². The summed E-state index contributed by atoms with van der Waals surface area (Å²) in [5.41, 5.74) is 2.20. The van der Waals surface area contributed by atoms with Crippen LogP contribution in [-0.2, 0) is 16.0 Å². The third-order valence-electron chi connectivity index (χ3n) is 3.62. The minimum atomic E-state index is -0.596. The van der Waals surface area contributed by atoms with Gasteiger partial charge in [0.15, 0.2) is 0 Å². The SMILES string of the molecule is C[C@@H](NC(=O)C(=O)NCCCc1ccccc1)c1ccccc1. The third kappa shape index (κ3) is 5.58. The van der Waals surface area contributed by atoms with Crippen molar-refractivity contribution in [2.24, 2.45) is 0 Å². The topological polar surface area (TPSA) is 58.2 Å². The van der Waals surface area contributed by atoms with Crippen LogP contribution < -0.4 is 10.6 Å². The second-order valence-corrected chi connectivity index (χ2v) is 5.45. The molecule has 0 aliphatic rings. The molecule has 0 radical (unpaired) electrons. The van der Waals surface area contributed by atoms with Crippen molar-refractivity contribution in [1.82, 2.24) is 10.6 Å². The van der Waals surface area contributed by atoms with E-state index in [1.54, 1.807) is 0 Å². The normalized spacial score (nSPS) is 11.5. The van der Waals surface area contributed by atoms with Gasteiger partial charge in [-0.2, -0.15) is 0 Å². The maximum atomic E-state index is 11.9. The Labute approximate surface area is 136 Å². The first-order valence-corrected chi connectivity index (χ1v) is 7.84. The van der Waals surface area contributed by atoms with Crippen LogP contribution in [0.3, 0.4) is 0 Å². The molecule has 0 heterocycles. The molecule has 2 rings (SSSR count). The summed E-state index contributed by atoms with van der Waals surface area (Å²) in [4.78, 5) is 23.7. The lowest BCUT2D eigenvalue weighted by Crippen LogP contribution is -2.41. The number of carbonyl (C=O) groups excluding carboxylic acids is 2. The monoisotopic (exact) mass is 310 g/mol. The lowest BCUT2D eigenvalue weighted by molar-refractivity contribution is -0.139. The standard InChI is InChI=1S/C19H22N2O2/c1-15(17-12-6-3-7-13-17)21-19(23)18(22)20-14-8-11-16-9-4-2-5-10-16/h2-7,9-10,12-13,15H,8,11,14H2,1H3,(H,20,22)(H,21,23)/t15-/m1/s1. The van der Waals surface area contributed by atoms with E-state index in [0.29, 0.717) is 6.54 Å². The molecule has 23 heavy (non-hydrogen) atoms. The summed E-state index contributed by atoms with van der Waals surface area (Å²) in [5, 5.41) is 5.36. The van der Waals surface area contributed by atoms with Gasteiger partial charge in [0.05, 0.1) is 6.04 Å². The van der Waals surface area contributed by atoms with Gasteiger partial charge in [-0.3, -0.25) is 9.59 Å². The minimum absolute atomic E-state index is 0.196. The van der Waals surface area contributed by atoms with Crippen molar-refractivity contribution in [1.29, 1.82) is 0 Å². The maximum Gasteiger partial charge on any atom is 0.309 e. The average molecular weight is 310 g/mol.